The molecule has 14 heavy (non-hydrogen) atoms. The standard InChI is InChI=1S/C9H15NO3S/c1-14-7-4-2-6(3-5-7)10-8(11)9(12)13/h6-7H,2-5H2,1H3,(H,10,11)(H,12,13). The minimum Gasteiger partial charge on any atom is -0.474 e. The molecule has 0 aliphatic heterocycles. The third kappa shape index (κ3) is 3.21. The van der Waals surface area contributed by atoms with Crippen molar-refractivity contribution in [1.82, 2.24) is 5.32 Å². The molecule has 1 aliphatic carbocycles. The van der Waals surface area contributed by atoms with Gasteiger partial charge in [0.25, 0.3) is 0 Å². The second-order valence-corrected chi connectivity index (χ2v) is 4.63. The van der Waals surface area contributed by atoms with Gasteiger partial charge in [-0.1, -0.05) is 0 Å². The number of carboxylic acids is 1. The summed E-state index contributed by atoms with van der Waals surface area (Å²) in [6.45, 7) is 0. The van der Waals surface area contributed by atoms with Crippen molar-refractivity contribution in [1.29, 1.82) is 0 Å². The van der Waals surface area contributed by atoms with Gasteiger partial charge in [-0.3, -0.25) is 4.79 Å². The Morgan fingerprint density at radius 1 is 1.29 bits per heavy atom. The second kappa shape index (κ2) is 5.24. The first-order chi connectivity index (χ1) is 6.63. The molecule has 1 saturated carbocycles. The molecule has 5 heteroatoms. The van der Waals surface area contributed by atoms with Crippen molar-refractivity contribution in [3.8, 4) is 0 Å². The zero-order chi connectivity index (χ0) is 10.6. The highest BCUT2D eigenvalue weighted by Gasteiger charge is 2.23. The van der Waals surface area contributed by atoms with Gasteiger partial charge in [0.2, 0.25) is 0 Å². The zero-order valence-corrected chi connectivity index (χ0v) is 8.97. The molecule has 1 amide bonds. The molecule has 0 aromatic heterocycles. The Bertz CT molecular complexity index is 224. The highest BCUT2D eigenvalue weighted by Crippen LogP contribution is 2.26. The summed E-state index contributed by atoms with van der Waals surface area (Å²) < 4.78 is 0. The van der Waals surface area contributed by atoms with E-state index in [1.54, 1.807) is 0 Å². The number of rotatable bonds is 2. The van der Waals surface area contributed by atoms with Crippen LogP contribution in [0.25, 0.3) is 0 Å². The molecule has 0 saturated heterocycles. The lowest BCUT2D eigenvalue weighted by atomic mass is 9.95. The normalized spacial score (nSPS) is 26.9. The molecule has 0 bridgehead atoms. The van der Waals surface area contributed by atoms with Gasteiger partial charge in [-0.25, -0.2) is 4.79 Å². The van der Waals surface area contributed by atoms with E-state index in [2.05, 4.69) is 11.6 Å². The van der Waals surface area contributed by atoms with Gasteiger partial charge in [0.15, 0.2) is 0 Å². The first-order valence-corrected chi connectivity index (χ1v) is 5.99. The van der Waals surface area contributed by atoms with Crippen LogP contribution >= 0.6 is 11.8 Å². The Kier molecular flexibility index (Phi) is 4.25. The molecule has 1 rings (SSSR count). The van der Waals surface area contributed by atoms with E-state index >= 15 is 0 Å². The maximum Gasteiger partial charge on any atom is 0.394 e. The summed E-state index contributed by atoms with van der Waals surface area (Å²) in [5.41, 5.74) is 0. The van der Waals surface area contributed by atoms with Gasteiger partial charge in [-0.15, -0.1) is 0 Å². The molecule has 0 radical (unpaired) electrons. The lowest BCUT2D eigenvalue weighted by Gasteiger charge is -2.27. The molecule has 0 aromatic carbocycles. The van der Waals surface area contributed by atoms with Gasteiger partial charge in [-0.2, -0.15) is 11.8 Å². The van der Waals surface area contributed by atoms with E-state index in [0.29, 0.717) is 5.25 Å². The van der Waals surface area contributed by atoms with Crippen LogP contribution in [-0.4, -0.2) is 34.5 Å². The first-order valence-electron chi connectivity index (χ1n) is 4.70. The van der Waals surface area contributed by atoms with Crippen molar-refractivity contribution >= 4 is 23.6 Å². The monoisotopic (exact) mass is 217 g/mol. The van der Waals surface area contributed by atoms with E-state index in [4.69, 9.17) is 5.11 Å². The first kappa shape index (κ1) is 11.4. The Morgan fingerprint density at radius 2 is 1.86 bits per heavy atom. The van der Waals surface area contributed by atoms with E-state index < -0.39 is 11.9 Å². The van der Waals surface area contributed by atoms with Crippen LogP contribution in [0.2, 0.25) is 0 Å². The van der Waals surface area contributed by atoms with E-state index in [1.165, 1.54) is 0 Å². The summed E-state index contributed by atoms with van der Waals surface area (Å²) in [5, 5.41) is 11.6. The van der Waals surface area contributed by atoms with Crippen molar-refractivity contribution in [2.24, 2.45) is 0 Å². The SMILES string of the molecule is CSC1CCC(NC(=O)C(=O)O)CC1. The number of thioether (sulfide) groups is 1. The number of carboxylic acid groups (broad SMARTS) is 1. The quantitative estimate of drug-likeness (QED) is 0.673. The number of carbonyl (C=O) groups is 2. The predicted octanol–water partition coefficient (Wildman–Crippen LogP) is 0.861. The lowest BCUT2D eigenvalue weighted by Crippen LogP contribution is -2.41. The molecule has 2 N–H and O–H groups in total. The summed E-state index contributed by atoms with van der Waals surface area (Å²) >= 11 is 1.84. The van der Waals surface area contributed by atoms with Crippen LogP contribution in [0.4, 0.5) is 0 Å². The summed E-state index contributed by atoms with van der Waals surface area (Å²) in [5.74, 6) is -2.27. The van der Waals surface area contributed by atoms with Crippen LogP contribution in [0.1, 0.15) is 25.7 Å². The molecule has 0 aromatic rings. The Balaban J connectivity index is 2.29. The molecule has 4 nitrogen and oxygen atoms in total. The fourth-order valence-corrected chi connectivity index (χ4v) is 2.43. The van der Waals surface area contributed by atoms with E-state index in [1.807, 2.05) is 11.8 Å². The fourth-order valence-electron chi connectivity index (χ4n) is 1.69. The smallest absolute Gasteiger partial charge is 0.394 e. The number of amides is 1. The fraction of sp³-hybridized carbons (Fsp3) is 0.778. The Morgan fingerprint density at radius 3 is 2.29 bits per heavy atom. The number of aliphatic carboxylic acids is 1. The molecule has 1 aliphatic rings. The molecular weight excluding hydrogens is 202 g/mol. The molecule has 0 atom stereocenters. The van der Waals surface area contributed by atoms with Crippen LogP contribution in [0.5, 0.6) is 0 Å². The summed E-state index contributed by atoms with van der Waals surface area (Å²) in [4.78, 5) is 21.1. The van der Waals surface area contributed by atoms with Gasteiger partial charge < -0.3 is 10.4 Å². The largest absolute Gasteiger partial charge is 0.474 e. The van der Waals surface area contributed by atoms with Crippen LogP contribution in [-0.2, 0) is 9.59 Å². The summed E-state index contributed by atoms with van der Waals surface area (Å²) in [6, 6.07) is 0.0574. The molecule has 0 unspecified atom stereocenters. The van der Waals surface area contributed by atoms with E-state index in [9.17, 15) is 9.59 Å². The topological polar surface area (TPSA) is 66.4 Å². The van der Waals surface area contributed by atoms with Gasteiger partial charge in [0.1, 0.15) is 0 Å². The van der Waals surface area contributed by atoms with Crippen molar-refractivity contribution in [2.45, 2.75) is 37.0 Å². The van der Waals surface area contributed by atoms with Crippen molar-refractivity contribution in [3.63, 3.8) is 0 Å². The zero-order valence-electron chi connectivity index (χ0n) is 8.16. The van der Waals surface area contributed by atoms with Crippen LogP contribution < -0.4 is 5.32 Å². The van der Waals surface area contributed by atoms with E-state index in [0.717, 1.165) is 25.7 Å². The van der Waals surface area contributed by atoms with Crippen molar-refractivity contribution in [2.75, 3.05) is 6.26 Å². The average molecular weight is 217 g/mol. The molecule has 80 valence electrons. The van der Waals surface area contributed by atoms with Crippen molar-refractivity contribution in [3.05, 3.63) is 0 Å². The van der Waals surface area contributed by atoms with Crippen LogP contribution in [0.3, 0.4) is 0 Å². The Hall–Kier alpha value is -0.710. The average Bonchev–Trinajstić information content (AvgIpc) is 2.19. The van der Waals surface area contributed by atoms with Crippen LogP contribution in [0, 0.1) is 0 Å². The highest BCUT2D eigenvalue weighted by atomic mass is 32.2. The van der Waals surface area contributed by atoms with Gasteiger partial charge in [0.05, 0.1) is 0 Å². The third-order valence-electron chi connectivity index (χ3n) is 2.54. The van der Waals surface area contributed by atoms with Gasteiger partial charge in [-0.05, 0) is 31.9 Å². The molecule has 1 fully saturated rings. The maximum atomic E-state index is 10.8. The Labute approximate surface area is 87.4 Å². The van der Waals surface area contributed by atoms with Gasteiger partial charge >= 0.3 is 11.9 Å². The van der Waals surface area contributed by atoms with E-state index in [-0.39, 0.29) is 6.04 Å². The summed E-state index contributed by atoms with van der Waals surface area (Å²) in [7, 11) is 0. The maximum absolute atomic E-state index is 10.8. The van der Waals surface area contributed by atoms with Crippen LogP contribution in [0.15, 0.2) is 0 Å². The highest BCUT2D eigenvalue weighted by molar-refractivity contribution is 7.99. The predicted molar refractivity (Wildman–Crippen MR) is 55.3 cm³/mol. The number of hydrogen-bond donors (Lipinski definition) is 2. The second-order valence-electron chi connectivity index (χ2n) is 3.49. The van der Waals surface area contributed by atoms with Crippen molar-refractivity contribution < 1.29 is 14.7 Å². The molecule has 0 spiro atoms. The third-order valence-corrected chi connectivity index (χ3v) is 3.68. The summed E-state index contributed by atoms with van der Waals surface area (Å²) in [6.07, 6.45) is 5.99. The number of hydrogen-bond acceptors (Lipinski definition) is 3. The minimum atomic E-state index is -1.39. The number of nitrogens with one attached hydrogen (secondary N) is 1. The number of carbonyl (C=O) groups excluding carboxylic acids is 1. The minimum absolute atomic E-state index is 0.0574. The van der Waals surface area contributed by atoms with Gasteiger partial charge in [0, 0.05) is 11.3 Å². The lowest BCUT2D eigenvalue weighted by molar-refractivity contribution is -0.150. The molecular formula is C9H15NO3S. The molecule has 0 heterocycles.